The maximum atomic E-state index is 13.4. The number of ether oxygens (including phenoxy) is 1. The number of hydrogen-bond donors (Lipinski definition) is 2. The van der Waals surface area contributed by atoms with Gasteiger partial charge in [0.25, 0.3) is 11.5 Å². The van der Waals surface area contributed by atoms with Crippen LogP contribution in [0.2, 0.25) is 0 Å². The summed E-state index contributed by atoms with van der Waals surface area (Å²) < 4.78 is 7.00. The van der Waals surface area contributed by atoms with E-state index in [0.29, 0.717) is 28.5 Å². The van der Waals surface area contributed by atoms with Gasteiger partial charge in [-0.1, -0.05) is 48.6 Å². The molecule has 2 aromatic heterocycles. The highest BCUT2D eigenvalue weighted by atomic mass is 32.1. The third kappa shape index (κ3) is 4.60. The normalized spacial score (nSPS) is 11.5. The smallest absolute Gasteiger partial charge is 0.311 e. The van der Waals surface area contributed by atoms with Crippen molar-refractivity contribution in [1.29, 1.82) is 0 Å². The molecule has 0 aliphatic rings. The van der Waals surface area contributed by atoms with Gasteiger partial charge in [-0.15, -0.1) is 0 Å². The van der Waals surface area contributed by atoms with Crippen LogP contribution in [-0.4, -0.2) is 39.5 Å². The van der Waals surface area contributed by atoms with Crippen LogP contribution in [0.5, 0.6) is 0 Å². The molecule has 0 fully saturated rings. The molecule has 4 rings (SSSR count). The Labute approximate surface area is 192 Å². The van der Waals surface area contributed by atoms with Crippen LogP contribution in [0.4, 0.5) is 0 Å². The van der Waals surface area contributed by atoms with E-state index in [-0.39, 0.29) is 12.0 Å². The number of methoxy groups -OCH3 is 1. The van der Waals surface area contributed by atoms with Crippen molar-refractivity contribution in [3.63, 3.8) is 0 Å². The zero-order chi connectivity index (χ0) is 23.4. The van der Waals surface area contributed by atoms with Gasteiger partial charge in [-0.3, -0.25) is 19.5 Å². The number of aromatic amines is 1. The number of amides is 1. The fourth-order valence-corrected chi connectivity index (χ4v) is 4.22. The van der Waals surface area contributed by atoms with E-state index in [4.69, 9.17) is 4.74 Å². The number of fused-ring (bicyclic) bond motifs is 1. The summed E-state index contributed by atoms with van der Waals surface area (Å²) in [5.74, 6) is -0.921. The molecule has 2 heterocycles. The molecule has 0 aliphatic heterocycles. The van der Waals surface area contributed by atoms with Crippen molar-refractivity contribution < 1.29 is 14.3 Å². The molecule has 1 amide bonds. The quantitative estimate of drug-likeness (QED) is 0.248. The molecule has 9 nitrogen and oxygen atoms in total. The number of hydrazone groups is 1. The van der Waals surface area contributed by atoms with Crippen molar-refractivity contribution in [2.45, 2.75) is 19.8 Å². The number of carbonyl (C=O) groups is 2. The van der Waals surface area contributed by atoms with Crippen molar-refractivity contribution in [2.24, 2.45) is 5.10 Å². The fourth-order valence-electron chi connectivity index (χ4n) is 3.30. The van der Waals surface area contributed by atoms with E-state index in [2.05, 4.69) is 20.6 Å². The lowest BCUT2D eigenvalue weighted by Crippen LogP contribution is -2.25. The number of benzene rings is 2. The Hall–Kier alpha value is -4.05. The summed E-state index contributed by atoms with van der Waals surface area (Å²) in [5.41, 5.74) is 4.15. The van der Waals surface area contributed by atoms with E-state index in [1.165, 1.54) is 23.1 Å². The zero-order valence-electron chi connectivity index (χ0n) is 18.0. The lowest BCUT2D eigenvalue weighted by molar-refractivity contribution is -0.139. The number of nitrogens with one attached hydrogen (secondary N) is 2. The van der Waals surface area contributed by atoms with Crippen molar-refractivity contribution in [3.05, 3.63) is 81.8 Å². The lowest BCUT2D eigenvalue weighted by atomic mass is 10.1. The molecular weight excluding hydrogens is 442 g/mol. The Morgan fingerprint density at radius 3 is 2.58 bits per heavy atom. The Kier molecular flexibility index (Phi) is 6.45. The number of para-hydroxylation sites is 1. The van der Waals surface area contributed by atoms with Gasteiger partial charge in [-0.25, -0.2) is 10.4 Å². The average Bonchev–Trinajstić information content (AvgIpc) is 3.41. The van der Waals surface area contributed by atoms with Crippen LogP contribution in [-0.2, 0) is 16.0 Å². The van der Waals surface area contributed by atoms with Crippen LogP contribution in [0.3, 0.4) is 0 Å². The number of carbonyl (C=O) groups excluding carboxylic acids is 2. The van der Waals surface area contributed by atoms with E-state index < -0.39 is 17.4 Å². The van der Waals surface area contributed by atoms with Gasteiger partial charge in [-0.05, 0) is 30.7 Å². The highest BCUT2D eigenvalue weighted by molar-refractivity contribution is 7.20. The minimum Gasteiger partial charge on any atom is -0.469 e. The lowest BCUT2D eigenvalue weighted by Gasteiger charge is -2.05. The minimum absolute atomic E-state index is 0.162. The Morgan fingerprint density at radius 2 is 1.88 bits per heavy atom. The molecule has 2 aromatic carbocycles. The number of hydrogen-bond acceptors (Lipinski definition) is 7. The topological polar surface area (TPSA) is 118 Å². The second-order valence-electron chi connectivity index (χ2n) is 7.04. The predicted molar refractivity (Wildman–Crippen MR) is 126 cm³/mol. The van der Waals surface area contributed by atoms with Crippen LogP contribution in [0, 0.1) is 0 Å². The van der Waals surface area contributed by atoms with Crippen LogP contribution in [0.1, 0.15) is 35.0 Å². The van der Waals surface area contributed by atoms with Gasteiger partial charge in [0.05, 0.1) is 40.7 Å². The monoisotopic (exact) mass is 463 g/mol. The number of H-pyrrole nitrogens is 1. The summed E-state index contributed by atoms with van der Waals surface area (Å²) in [6, 6.07) is 16.2. The van der Waals surface area contributed by atoms with E-state index in [1.54, 1.807) is 30.3 Å². The van der Waals surface area contributed by atoms with Gasteiger partial charge in [0.2, 0.25) is 5.13 Å². The van der Waals surface area contributed by atoms with Crippen molar-refractivity contribution in [3.8, 4) is 5.13 Å². The van der Waals surface area contributed by atoms with Gasteiger partial charge in [-0.2, -0.15) is 9.78 Å². The zero-order valence-corrected chi connectivity index (χ0v) is 18.8. The first-order valence-corrected chi connectivity index (χ1v) is 11.0. The van der Waals surface area contributed by atoms with Gasteiger partial charge in [0.15, 0.2) is 0 Å². The third-order valence-electron chi connectivity index (χ3n) is 4.94. The van der Waals surface area contributed by atoms with Crippen LogP contribution in [0.25, 0.3) is 15.3 Å². The highest BCUT2D eigenvalue weighted by Crippen LogP contribution is 2.24. The van der Waals surface area contributed by atoms with Crippen LogP contribution in [0.15, 0.2) is 64.5 Å². The molecule has 33 heavy (non-hydrogen) atoms. The molecular formula is C23H21N5O4S. The van der Waals surface area contributed by atoms with Crippen molar-refractivity contribution in [2.75, 3.05) is 7.11 Å². The Bertz CT molecular complexity index is 1370. The van der Waals surface area contributed by atoms with Crippen LogP contribution < -0.4 is 11.0 Å². The third-order valence-corrected chi connectivity index (χ3v) is 5.96. The van der Waals surface area contributed by atoms with E-state index >= 15 is 0 Å². The molecule has 0 bridgehead atoms. The van der Waals surface area contributed by atoms with Gasteiger partial charge >= 0.3 is 5.97 Å². The first kappa shape index (κ1) is 22.2. The fraction of sp³-hybridized carbons (Fsp3) is 0.174. The molecule has 4 aromatic rings. The molecule has 2 N–H and O–H groups in total. The number of esters is 1. The summed E-state index contributed by atoms with van der Waals surface area (Å²) in [5, 5.41) is 7.62. The number of rotatable bonds is 7. The molecule has 0 saturated heterocycles. The summed E-state index contributed by atoms with van der Waals surface area (Å²) in [6.45, 7) is 1.81. The Balaban J connectivity index is 1.76. The standard InChI is InChI=1S/C23H21N5O4S/c1-3-15(25-26-21(30)14-9-5-4-6-10-14)20-17(13-19(29)32-2)27-28(22(20)31)23-24-16-11-7-8-12-18(16)33-23/h4-12,27H,3,13H2,1-2H3,(H,26,30). The first-order valence-electron chi connectivity index (χ1n) is 10.2. The number of nitrogens with zero attached hydrogens (tertiary/aromatic N) is 3. The molecule has 0 spiro atoms. The SMILES string of the molecule is CCC(=NNC(=O)c1ccccc1)c1c(CC(=O)OC)[nH]n(-c2nc3ccccc3s2)c1=O. The molecule has 0 unspecified atom stereocenters. The summed E-state index contributed by atoms with van der Waals surface area (Å²) >= 11 is 1.34. The second-order valence-corrected chi connectivity index (χ2v) is 8.05. The van der Waals surface area contributed by atoms with Gasteiger partial charge < -0.3 is 4.74 Å². The summed E-state index contributed by atoms with van der Waals surface area (Å²) in [4.78, 5) is 42.4. The molecule has 168 valence electrons. The summed E-state index contributed by atoms with van der Waals surface area (Å²) in [7, 11) is 1.28. The van der Waals surface area contributed by atoms with Crippen LogP contribution >= 0.6 is 11.3 Å². The molecule has 10 heteroatoms. The first-order chi connectivity index (χ1) is 16.0. The van der Waals surface area contributed by atoms with Crippen molar-refractivity contribution in [1.82, 2.24) is 20.2 Å². The van der Waals surface area contributed by atoms with E-state index in [0.717, 1.165) is 10.2 Å². The average molecular weight is 464 g/mol. The highest BCUT2D eigenvalue weighted by Gasteiger charge is 2.23. The molecule has 0 aliphatic carbocycles. The maximum Gasteiger partial charge on any atom is 0.311 e. The predicted octanol–water partition coefficient (Wildman–Crippen LogP) is 3.03. The number of aromatic nitrogens is 3. The largest absolute Gasteiger partial charge is 0.469 e. The van der Waals surface area contributed by atoms with Crippen molar-refractivity contribution >= 4 is 39.1 Å². The van der Waals surface area contributed by atoms with E-state index in [9.17, 15) is 14.4 Å². The molecule has 0 saturated carbocycles. The van der Waals surface area contributed by atoms with Gasteiger partial charge in [0.1, 0.15) is 0 Å². The minimum atomic E-state index is -0.516. The number of thiazole rings is 1. The summed E-state index contributed by atoms with van der Waals surface area (Å²) in [6.07, 6.45) is 0.181. The van der Waals surface area contributed by atoms with Gasteiger partial charge in [0, 0.05) is 5.56 Å². The maximum absolute atomic E-state index is 13.4. The molecule has 0 radical (unpaired) electrons. The second kappa shape index (κ2) is 9.61. The molecule has 0 atom stereocenters. The van der Waals surface area contributed by atoms with E-state index in [1.807, 2.05) is 31.2 Å². The Morgan fingerprint density at radius 1 is 1.15 bits per heavy atom.